The Labute approximate surface area is 149 Å². The highest BCUT2D eigenvalue weighted by molar-refractivity contribution is 5.85. The number of hydrogen-bond donors (Lipinski definition) is 1. The van der Waals surface area contributed by atoms with Crippen LogP contribution in [-0.4, -0.2) is 29.2 Å². The van der Waals surface area contributed by atoms with E-state index in [4.69, 9.17) is 4.74 Å². The number of amides is 1. The summed E-state index contributed by atoms with van der Waals surface area (Å²) in [5, 5.41) is 2.50. The summed E-state index contributed by atoms with van der Waals surface area (Å²) in [7, 11) is 0. The summed E-state index contributed by atoms with van der Waals surface area (Å²) in [5.74, 6) is 0.263. The van der Waals surface area contributed by atoms with E-state index in [9.17, 15) is 18.0 Å². The molecule has 1 fully saturated rings. The van der Waals surface area contributed by atoms with Crippen molar-refractivity contribution in [2.24, 2.45) is 0 Å². The van der Waals surface area contributed by atoms with E-state index >= 15 is 0 Å². The zero-order valence-electron chi connectivity index (χ0n) is 14.9. The Morgan fingerprint density at radius 3 is 2.42 bits per heavy atom. The van der Waals surface area contributed by atoms with Crippen molar-refractivity contribution in [3.8, 4) is 5.75 Å². The van der Waals surface area contributed by atoms with Crippen LogP contribution in [0.3, 0.4) is 0 Å². The molecule has 1 aliphatic rings. The molecule has 0 bridgehead atoms. The number of halogens is 3. The molecular formula is C19H21F3N2O2. The van der Waals surface area contributed by atoms with Gasteiger partial charge in [-0.25, -0.2) is 0 Å². The molecular weight excluding hydrogens is 345 g/mol. The predicted octanol–water partition coefficient (Wildman–Crippen LogP) is 4.36. The van der Waals surface area contributed by atoms with Gasteiger partial charge in [0.15, 0.2) is 6.04 Å². The molecule has 0 unspecified atom stereocenters. The third-order valence-corrected chi connectivity index (χ3v) is 4.52. The maximum Gasteiger partial charge on any atom is 0.409 e. The summed E-state index contributed by atoms with van der Waals surface area (Å²) in [6.45, 7) is 5.63. The Morgan fingerprint density at radius 2 is 1.85 bits per heavy atom. The molecule has 1 heterocycles. The summed E-state index contributed by atoms with van der Waals surface area (Å²) in [5.41, 5.74) is 1.53. The first-order valence-electron chi connectivity index (χ1n) is 8.44. The lowest BCUT2D eigenvalue weighted by atomic mass is 9.95. The molecule has 140 valence electrons. The summed E-state index contributed by atoms with van der Waals surface area (Å²) in [4.78, 5) is 11.7. The van der Waals surface area contributed by atoms with Gasteiger partial charge >= 0.3 is 6.18 Å². The molecule has 0 radical (unpaired) electrons. The maximum absolute atomic E-state index is 13.9. The first-order chi connectivity index (χ1) is 12.1. The lowest BCUT2D eigenvalue weighted by molar-refractivity contribution is -0.203. The number of nitrogens with one attached hydrogen (secondary N) is 1. The molecule has 0 aromatic heterocycles. The van der Waals surface area contributed by atoms with Crippen LogP contribution in [0.25, 0.3) is 10.8 Å². The molecule has 2 aromatic rings. The molecule has 1 N–H and O–H groups in total. The third kappa shape index (κ3) is 3.49. The number of ether oxygens (including phenoxy) is 1. The largest absolute Gasteiger partial charge is 0.494 e. The van der Waals surface area contributed by atoms with Gasteiger partial charge in [-0.3, -0.25) is 10.2 Å². The van der Waals surface area contributed by atoms with Gasteiger partial charge in [-0.1, -0.05) is 18.2 Å². The lowest BCUT2D eigenvalue weighted by Gasteiger charge is -2.38. The Bertz CT molecular complexity index is 833. The highest BCUT2D eigenvalue weighted by atomic mass is 19.4. The minimum atomic E-state index is -4.53. The van der Waals surface area contributed by atoms with Gasteiger partial charge in [0, 0.05) is 12.0 Å². The van der Waals surface area contributed by atoms with Crippen molar-refractivity contribution in [1.82, 2.24) is 10.4 Å². The summed E-state index contributed by atoms with van der Waals surface area (Å²) in [6.07, 6.45) is -4.52. The monoisotopic (exact) mass is 366 g/mol. The molecule has 1 saturated heterocycles. The number of alkyl halides is 3. The second-order valence-electron chi connectivity index (χ2n) is 7.04. The summed E-state index contributed by atoms with van der Waals surface area (Å²) < 4.78 is 47.1. The van der Waals surface area contributed by atoms with Gasteiger partial charge in [0.25, 0.3) is 0 Å². The zero-order chi connectivity index (χ0) is 19.1. The maximum atomic E-state index is 13.9. The quantitative estimate of drug-likeness (QED) is 0.874. The van der Waals surface area contributed by atoms with Crippen LogP contribution in [-0.2, 0) is 4.79 Å². The van der Waals surface area contributed by atoms with Crippen LogP contribution in [0.15, 0.2) is 36.4 Å². The molecule has 1 amide bonds. The average molecular weight is 366 g/mol. The van der Waals surface area contributed by atoms with Crippen molar-refractivity contribution < 1.29 is 22.7 Å². The fraction of sp³-hybridized carbons (Fsp3) is 0.421. The van der Waals surface area contributed by atoms with Crippen LogP contribution >= 0.6 is 0 Å². The molecule has 1 atom stereocenters. The van der Waals surface area contributed by atoms with Gasteiger partial charge in [-0.2, -0.15) is 18.2 Å². The van der Waals surface area contributed by atoms with Crippen LogP contribution in [0, 0.1) is 0 Å². The van der Waals surface area contributed by atoms with Crippen molar-refractivity contribution in [3.05, 3.63) is 42.0 Å². The smallest absolute Gasteiger partial charge is 0.409 e. The number of nitrogens with zero attached hydrogens (tertiary/aromatic N) is 1. The molecule has 3 rings (SSSR count). The van der Waals surface area contributed by atoms with Crippen LogP contribution in [0.1, 0.15) is 38.8 Å². The Kier molecular flexibility index (Phi) is 4.60. The van der Waals surface area contributed by atoms with Crippen LogP contribution in [0.4, 0.5) is 13.2 Å². The molecule has 0 spiro atoms. The average Bonchev–Trinajstić information content (AvgIpc) is 2.79. The van der Waals surface area contributed by atoms with Crippen molar-refractivity contribution in [2.45, 2.75) is 44.9 Å². The predicted molar refractivity (Wildman–Crippen MR) is 92.6 cm³/mol. The number of hydrogen-bond acceptors (Lipinski definition) is 3. The number of benzene rings is 2. The van der Waals surface area contributed by atoms with Gasteiger partial charge in [-0.15, -0.1) is 0 Å². The molecule has 0 saturated carbocycles. The number of hydrazine groups is 1. The minimum Gasteiger partial charge on any atom is -0.494 e. The first kappa shape index (κ1) is 18.5. The van der Waals surface area contributed by atoms with E-state index in [1.807, 2.05) is 6.92 Å². The van der Waals surface area contributed by atoms with Gasteiger partial charge in [0.1, 0.15) is 5.75 Å². The Balaban J connectivity index is 2.04. The summed E-state index contributed by atoms with van der Waals surface area (Å²) in [6, 6.07) is 7.98. The fourth-order valence-corrected chi connectivity index (χ4v) is 3.37. The second-order valence-corrected chi connectivity index (χ2v) is 7.04. The van der Waals surface area contributed by atoms with Crippen molar-refractivity contribution in [3.63, 3.8) is 0 Å². The Morgan fingerprint density at radius 1 is 1.19 bits per heavy atom. The number of carbonyl (C=O) groups excluding carboxylic acids is 1. The highest BCUT2D eigenvalue weighted by Crippen LogP contribution is 2.43. The zero-order valence-corrected chi connectivity index (χ0v) is 14.9. The van der Waals surface area contributed by atoms with Crippen molar-refractivity contribution in [1.29, 1.82) is 0 Å². The van der Waals surface area contributed by atoms with Crippen LogP contribution in [0.5, 0.6) is 5.75 Å². The van der Waals surface area contributed by atoms with Crippen molar-refractivity contribution in [2.75, 3.05) is 6.61 Å². The molecule has 1 aliphatic heterocycles. The van der Waals surface area contributed by atoms with E-state index < -0.39 is 23.7 Å². The third-order valence-electron chi connectivity index (χ3n) is 4.52. The Hall–Kier alpha value is -2.28. The standard InChI is InChI=1S/C19H21F3N2O2/c1-4-26-15-8-7-12-9-14(6-5-13(12)10-15)17(19(20,21)22)24-18(2,3)11-16(25)23-24/h5-10,17H,4,11H2,1-3H3,(H,23,25)/t17-/m0/s1. The number of rotatable bonds is 4. The van der Waals surface area contributed by atoms with Gasteiger partial charge in [-0.05, 0) is 55.3 Å². The number of fused-ring (bicyclic) bond motifs is 1. The topological polar surface area (TPSA) is 41.6 Å². The normalized spacial score (nSPS) is 18.8. The second kappa shape index (κ2) is 6.46. The van der Waals surface area contributed by atoms with Crippen LogP contribution in [0.2, 0.25) is 0 Å². The van der Waals surface area contributed by atoms with E-state index in [0.29, 0.717) is 17.7 Å². The van der Waals surface area contributed by atoms with Crippen molar-refractivity contribution >= 4 is 16.7 Å². The van der Waals surface area contributed by atoms with E-state index in [2.05, 4.69) is 5.43 Å². The van der Waals surface area contributed by atoms with E-state index in [1.54, 1.807) is 38.1 Å². The van der Waals surface area contributed by atoms with Gasteiger partial charge in [0.05, 0.1) is 6.61 Å². The molecule has 2 aromatic carbocycles. The SMILES string of the molecule is CCOc1ccc2cc([C@H](N3NC(=O)CC3(C)C)C(F)(F)F)ccc2c1. The van der Waals surface area contributed by atoms with Gasteiger partial charge < -0.3 is 4.74 Å². The molecule has 4 nitrogen and oxygen atoms in total. The molecule has 7 heteroatoms. The summed E-state index contributed by atoms with van der Waals surface area (Å²) >= 11 is 0. The minimum absolute atomic E-state index is 0.0187. The number of carbonyl (C=O) groups is 1. The van der Waals surface area contributed by atoms with Crippen LogP contribution < -0.4 is 10.2 Å². The first-order valence-corrected chi connectivity index (χ1v) is 8.44. The molecule has 0 aliphatic carbocycles. The lowest BCUT2D eigenvalue weighted by Crippen LogP contribution is -2.51. The fourth-order valence-electron chi connectivity index (χ4n) is 3.37. The van der Waals surface area contributed by atoms with Gasteiger partial charge in [0.2, 0.25) is 5.91 Å². The van der Waals surface area contributed by atoms with E-state index in [0.717, 1.165) is 10.4 Å². The van der Waals surface area contributed by atoms with E-state index in [1.165, 1.54) is 12.1 Å². The molecule has 26 heavy (non-hydrogen) atoms. The van der Waals surface area contributed by atoms with E-state index in [-0.39, 0.29) is 12.0 Å². The highest BCUT2D eigenvalue weighted by Gasteiger charge is 2.52.